The molecule has 0 fully saturated rings. The molecule has 0 amide bonds. The molecule has 0 aromatic carbocycles. The van der Waals surface area contributed by atoms with Crippen molar-refractivity contribution in [1.29, 1.82) is 0 Å². The summed E-state index contributed by atoms with van der Waals surface area (Å²) in [5.74, 6) is 0. The molecule has 0 bridgehead atoms. The summed E-state index contributed by atoms with van der Waals surface area (Å²) >= 11 is 0. The Morgan fingerprint density at radius 3 is 1.78 bits per heavy atom. The normalized spacial score (nSPS) is 9.22. The lowest BCUT2D eigenvalue weighted by Crippen LogP contribution is -1.88. The highest BCUT2D eigenvalue weighted by Crippen LogP contribution is 1.60. The standard InChI is InChI=1S/C3H6O.CH4O3S/c1-2-3-4;1-5(2,3)4/h2,4H,1,3H2;1H3,(H,2,3,4). The van der Waals surface area contributed by atoms with Gasteiger partial charge in [-0.1, -0.05) is 6.08 Å². The first-order chi connectivity index (χ1) is 3.91. The third-order valence-corrected chi connectivity index (χ3v) is 0.129. The van der Waals surface area contributed by atoms with Gasteiger partial charge in [-0.2, -0.15) is 8.42 Å². The van der Waals surface area contributed by atoms with Crippen LogP contribution in [0.3, 0.4) is 0 Å². The van der Waals surface area contributed by atoms with Crippen molar-refractivity contribution in [3.8, 4) is 0 Å². The minimum absolute atomic E-state index is 0.0833. The highest BCUT2D eigenvalue weighted by molar-refractivity contribution is 7.85. The van der Waals surface area contributed by atoms with Crippen molar-refractivity contribution in [3.63, 3.8) is 0 Å². The van der Waals surface area contributed by atoms with Crippen LogP contribution in [-0.4, -0.2) is 30.9 Å². The molecule has 0 aliphatic rings. The van der Waals surface area contributed by atoms with E-state index in [1.165, 1.54) is 6.08 Å². The first-order valence-corrected chi connectivity index (χ1v) is 3.91. The molecule has 9 heavy (non-hydrogen) atoms. The zero-order valence-electron chi connectivity index (χ0n) is 5.11. The maximum Gasteiger partial charge on any atom is 0.261 e. The fraction of sp³-hybridized carbons (Fsp3) is 0.500. The second kappa shape index (κ2) is 5.74. The zero-order valence-corrected chi connectivity index (χ0v) is 5.93. The minimum Gasteiger partial charge on any atom is -0.392 e. The number of hydrogen-bond acceptors (Lipinski definition) is 3. The fourth-order valence-electron chi connectivity index (χ4n) is 0. The first kappa shape index (κ1) is 11.4. The summed E-state index contributed by atoms with van der Waals surface area (Å²) in [5.41, 5.74) is 0. The van der Waals surface area contributed by atoms with Crippen molar-refractivity contribution in [1.82, 2.24) is 0 Å². The summed E-state index contributed by atoms with van der Waals surface area (Å²) in [4.78, 5) is 0. The van der Waals surface area contributed by atoms with Crippen LogP contribution >= 0.6 is 0 Å². The van der Waals surface area contributed by atoms with Gasteiger partial charge in [-0.15, -0.1) is 6.58 Å². The van der Waals surface area contributed by atoms with Crippen LogP contribution in [0, 0.1) is 0 Å². The fourth-order valence-corrected chi connectivity index (χ4v) is 0. The SMILES string of the molecule is C=CCO.CS(=O)(=O)O. The number of hydrogen-bond donors (Lipinski definition) is 2. The Kier molecular flexibility index (Phi) is 7.28. The summed E-state index contributed by atoms with van der Waals surface area (Å²) in [6, 6.07) is 0. The molecule has 4 nitrogen and oxygen atoms in total. The molecule has 2 N–H and O–H groups in total. The topological polar surface area (TPSA) is 74.6 Å². The average Bonchev–Trinajstić information content (AvgIpc) is 1.61. The van der Waals surface area contributed by atoms with Gasteiger partial charge in [0.05, 0.1) is 12.9 Å². The molecular formula is C4H10O4S. The first-order valence-electron chi connectivity index (χ1n) is 2.06. The summed E-state index contributed by atoms with van der Waals surface area (Å²) in [5, 5.41) is 7.76. The molecule has 0 rings (SSSR count). The maximum absolute atomic E-state index is 9.19. The lowest BCUT2D eigenvalue weighted by molar-refractivity contribution is 0.343. The van der Waals surface area contributed by atoms with E-state index in [0.29, 0.717) is 6.26 Å². The van der Waals surface area contributed by atoms with Crippen LogP contribution in [0.4, 0.5) is 0 Å². The molecule has 0 atom stereocenters. The molecule has 0 saturated heterocycles. The van der Waals surface area contributed by atoms with Crippen molar-refractivity contribution in [2.45, 2.75) is 0 Å². The Bertz CT molecular complexity index is 138. The van der Waals surface area contributed by atoms with Crippen LogP contribution in [-0.2, 0) is 10.1 Å². The minimum atomic E-state index is -3.67. The lowest BCUT2D eigenvalue weighted by atomic mass is 10.7. The van der Waals surface area contributed by atoms with Gasteiger partial charge < -0.3 is 5.11 Å². The van der Waals surface area contributed by atoms with Crippen LogP contribution in [0.2, 0.25) is 0 Å². The van der Waals surface area contributed by atoms with Crippen molar-refractivity contribution in [2.24, 2.45) is 0 Å². The Morgan fingerprint density at radius 1 is 1.67 bits per heavy atom. The molecule has 0 spiro atoms. The van der Waals surface area contributed by atoms with Gasteiger partial charge in [0.25, 0.3) is 10.1 Å². The van der Waals surface area contributed by atoms with Crippen LogP contribution in [0.15, 0.2) is 12.7 Å². The molecule has 56 valence electrons. The van der Waals surface area contributed by atoms with E-state index in [-0.39, 0.29) is 6.61 Å². The predicted octanol–water partition coefficient (Wildman–Crippen LogP) is -0.331. The third-order valence-electron chi connectivity index (χ3n) is 0.129. The summed E-state index contributed by atoms with van der Waals surface area (Å²) in [7, 11) is -3.67. The van der Waals surface area contributed by atoms with Crippen LogP contribution in [0.1, 0.15) is 0 Å². The van der Waals surface area contributed by atoms with Gasteiger partial charge in [0.15, 0.2) is 0 Å². The zero-order chi connectivity index (χ0) is 7.91. The van der Waals surface area contributed by atoms with E-state index >= 15 is 0 Å². The van der Waals surface area contributed by atoms with E-state index in [0.717, 1.165) is 0 Å². The van der Waals surface area contributed by atoms with Crippen molar-refractivity contribution in [2.75, 3.05) is 12.9 Å². The second-order valence-electron chi connectivity index (χ2n) is 1.20. The Labute approximate surface area is 54.6 Å². The highest BCUT2D eigenvalue weighted by atomic mass is 32.2. The molecule has 0 unspecified atom stereocenters. The molecule has 5 heteroatoms. The molecule has 0 aliphatic carbocycles. The van der Waals surface area contributed by atoms with E-state index in [1.54, 1.807) is 0 Å². The van der Waals surface area contributed by atoms with Gasteiger partial charge in [0.1, 0.15) is 0 Å². The predicted molar refractivity (Wildman–Crippen MR) is 34.8 cm³/mol. The van der Waals surface area contributed by atoms with Crippen LogP contribution in [0.25, 0.3) is 0 Å². The molecular weight excluding hydrogens is 144 g/mol. The smallest absolute Gasteiger partial charge is 0.261 e. The lowest BCUT2D eigenvalue weighted by Gasteiger charge is -1.69. The second-order valence-corrected chi connectivity index (χ2v) is 2.67. The van der Waals surface area contributed by atoms with Crippen LogP contribution < -0.4 is 0 Å². The molecule has 0 heterocycles. The maximum atomic E-state index is 9.19. The molecule has 0 radical (unpaired) electrons. The monoisotopic (exact) mass is 154 g/mol. The Balaban J connectivity index is 0. The van der Waals surface area contributed by atoms with E-state index in [4.69, 9.17) is 9.66 Å². The highest BCUT2D eigenvalue weighted by Gasteiger charge is 1.81. The van der Waals surface area contributed by atoms with Gasteiger partial charge in [-0.05, 0) is 0 Å². The van der Waals surface area contributed by atoms with E-state index in [1.807, 2.05) is 0 Å². The summed E-state index contributed by atoms with van der Waals surface area (Å²) in [6.07, 6.45) is 2.15. The molecule has 0 saturated carbocycles. The number of aliphatic hydroxyl groups is 1. The molecule has 0 aromatic heterocycles. The number of rotatable bonds is 1. The quantitative estimate of drug-likeness (QED) is 0.400. The molecule has 0 aliphatic heterocycles. The van der Waals surface area contributed by atoms with Crippen molar-refractivity contribution < 1.29 is 18.1 Å². The molecule has 0 aromatic rings. The van der Waals surface area contributed by atoms with Crippen molar-refractivity contribution >= 4 is 10.1 Å². The largest absolute Gasteiger partial charge is 0.392 e. The van der Waals surface area contributed by atoms with Gasteiger partial charge in [-0.25, -0.2) is 0 Å². The van der Waals surface area contributed by atoms with Gasteiger partial charge in [0, 0.05) is 0 Å². The van der Waals surface area contributed by atoms with E-state index in [9.17, 15) is 8.42 Å². The van der Waals surface area contributed by atoms with E-state index in [2.05, 4.69) is 6.58 Å². The van der Waals surface area contributed by atoms with Crippen LogP contribution in [0.5, 0.6) is 0 Å². The summed E-state index contributed by atoms with van der Waals surface area (Å²) < 4.78 is 25.9. The van der Waals surface area contributed by atoms with Gasteiger partial charge in [-0.3, -0.25) is 4.55 Å². The third kappa shape index (κ3) is 644. The summed E-state index contributed by atoms with van der Waals surface area (Å²) in [6.45, 7) is 3.31. The Hall–Kier alpha value is -0.390. The van der Waals surface area contributed by atoms with Gasteiger partial charge in [0.2, 0.25) is 0 Å². The Morgan fingerprint density at radius 2 is 1.78 bits per heavy atom. The van der Waals surface area contributed by atoms with E-state index < -0.39 is 10.1 Å². The van der Waals surface area contributed by atoms with Crippen molar-refractivity contribution in [3.05, 3.63) is 12.7 Å². The van der Waals surface area contributed by atoms with Gasteiger partial charge >= 0.3 is 0 Å². The average molecular weight is 154 g/mol. The number of aliphatic hydroxyl groups excluding tert-OH is 1.